The monoisotopic (exact) mass is 521 g/mol. The summed E-state index contributed by atoms with van der Waals surface area (Å²) < 4.78 is 0. The van der Waals surface area contributed by atoms with Crippen molar-refractivity contribution in [2.75, 3.05) is 26.7 Å². The van der Waals surface area contributed by atoms with E-state index in [4.69, 9.17) is 11.6 Å². The summed E-state index contributed by atoms with van der Waals surface area (Å²) in [5.41, 5.74) is 1.61. The second kappa shape index (κ2) is 12.1. The van der Waals surface area contributed by atoms with Crippen LogP contribution in [0.25, 0.3) is 0 Å². The van der Waals surface area contributed by atoms with E-state index in [0.717, 1.165) is 23.2 Å². The van der Waals surface area contributed by atoms with Gasteiger partial charge in [-0.1, -0.05) is 11.6 Å². The molecule has 1 heterocycles. The van der Waals surface area contributed by atoms with E-state index >= 15 is 0 Å². The molecule has 6 nitrogen and oxygen atoms in total. The number of carbonyl (C=O) groups excluding carboxylic acids is 1. The van der Waals surface area contributed by atoms with E-state index in [1.165, 1.54) is 0 Å². The quantitative estimate of drug-likeness (QED) is 0.253. The van der Waals surface area contributed by atoms with Crippen molar-refractivity contribution in [3.05, 3.63) is 50.9 Å². The predicted molar refractivity (Wildman–Crippen MR) is 123 cm³/mol. The highest BCUT2D eigenvalue weighted by molar-refractivity contribution is 14.0. The van der Waals surface area contributed by atoms with Gasteiger partial charge in [-0.15, -0.1) is 35.3 Å². The van der Waals surface area contributed by atoms with Gasteiger partial charge in [0.1, 0.15) is 0 Å². The number of nitrogens with zero attached hydrogens (tertiary/aromatic N) is 3. The molecule has 0 fully saturated rings. The van der Waals surface area contributed by atoms with Gasteiger partial charge in [0.05, 0.1) is 23.8 Å². The van der Waals surface area contributed by atoms with Crippen LogP contribution in [-0.2, 0) is 6.54 Å². The maximum absolute atomic E-state index is 12.1. The maximum Gasteiger partial charge on any atom is 0.251 e. The average molecular weight is 522 g/mol. The van der Waals surface area contributed by atoms with Crippen LogP contribution >= 0.6 is 46.9 Å². The highest BCUT2D eigenvalue weighted by Gasteiger charge is 2.09. The third-order valence-electron chi connectivity index (χ3n) is 3.53. The number of rotatable bonds is 7. The minimum Gasteiger partial charge on any atom is -0.357 e. The fourth-order valence-corrected chi connectivity index (χ4v) is 3.03. The lowest BCUT2D eigenvalue weighted by molar-refractivity contribution is 0.0955. The SMILES string of the molecule is CCNC(=NCCNC(=O)c1ccc(Cl)cc1)N(C)Cc1csc(C)n1.I. The van der Waals surface area contributed by atoms with Crippen LogP contribution in [0.15, 0.2) is 34.6 Å². The zero-order chi connectivity index (χ0) is 18.9. The van der Waals surface area contributed by atoms with Crippen LogP contribution < -0.4 is 10.6 Å². The molecule has 148 valence electrons. The van der Waals surface area contributed by atoms with E-state index in [9.17, 15) is 4.79 Å². The normalized spacial score (nSPS) is 10.9. The molecule has 2 N–H and O–H groups in total. The number of benzene rings is 1. The fourth-order valence-electron chi connectivity index (χ4n) is 2.30. The van der Waals surface area contributed by atoms with Crippen LogP contribution in [0.2, 0.25) is 5.02 Å². The van der Waals surface area contributed by atoms with Crippen LogP contribution in [0.4, 0.5) is 0 Å². The molecule has 0 aliphatic heterocycles. The molecule has 0 aliphatic rings. The van der Waals surface area contributed by atoms with Crippen molar-refractivity contribution >= 4 is 58.8 Å². The number of amides is 1. The Kier molecular flexibility index (Phi) is 10.6. The Balaban J connectivity index is 0.00000364. The van der Waals surface area contributed by atoms with Crippen molar-refractivity contribution in [1.82, 2.24) is 20.5 Å². The number of guanidine groups is 1. The van der Waals surface area contributed by atoms with Crippen molar-refractivity contribution in [2.45, 2.75) is 20.4 Å². The minimum absolute atomic E-state index is 0. The zero-order valence-electron chi connectivity index (χ0n) is 15.7. The first kappa shape index (κ1) is 23.6. The number of carbonyl (C=O) groups is 1. The standard InChI is InChI=1S/C18H24ClN5OS.HI/c1-4-20-18(24(3)11-16-12-26-13(2)23-16)22-10-9-21-17(25)14-5-7-15(19)8-6-14;/h5-8,12H,4,9-11H2,1-3H3,(H,20,22)(H,21,25);1H. The Morgan fingerprint density at radius 2 is 2.00 bits per heavy atom. The molecule has 0 bridgehead atoms. The Morgan fingerprint density at radius 3 is 2.59 bits per heavy atom. The first-order valence-electron chi connectivity index (χ1n) is 8.43. The number of hydrogen-bond acceptors (Lipinski definition) is 4. The van der Waals surface area contributed by atoms with Crippen LogP contribution in [-0.4, -0.2) is 48.4 Å². The molecule has 0 aliphatic carbocycles. The molecule has 0 atom stereocenters. The molecule has 0 spiro atoms. The van der Waals surface area contributed by atoms with Gasteiger partial charge in [0.2, 0.25) is 0 Å². The van der Waals surface area contributed by atoms with E-state index in [1.54, 1.807) is 35.6 Å². The maximum atomic E-state index is 12.1. The van der Waals surface area contributed by atoms with E-state index in [1.807, 2.05) is 25.8 Å². The third kappa shape index (κ3) is 8.02. The van der Waals surface area contributed by atoms with Crippen molar-refractivity contribution in [3.8, 4) is 0 Å². The molecule has 0 saturated carbocycles. The number of aryl methyl sites for hydroxylation is 1. The molecule has 2 rings (SSSR count). The highest BCUT2D eigenvalue weighted by Crippen LogP contribution is 2.10. The largest absolute Gasteiger partial charge is 0.357 e. The van der Waals surface area contributed by atoms with Crippen molar-refractivity contribution in [3.63, 3.8) is 0 Å². The van der Waals surface area contributed by atoms with Gasteiger partial charge in [-0.25, -0.2) is 4.98 Å². The minimum atomic E-state index is -0.131. The molecule has 2 aromatic rings. The topological polar surface area (TPSA) is 69.6 Å². The summed E-state index contributed by atoms with van der Waals surface area (Å²) in [4.78, 5) is 23.1. The van der Waals surface area contributed by atoms with Gasteiger partial charge in [0.25, 0.3) is 5.91 Å². The summed E-state index contributed by atoms with van der Waals surface area (Å²) in [7, 11) is 1.97. The zero-order valence-corrected chi connectivity index (χ0v) is 19.6. The van der Waals surface area contributed by atoms with E-state index in [0.29, 0.717) is 30.2 Å². The second-order valence-electron chi connectivity index (χ2n) is 5.71. The number of hydrogen-bond donors (Lipinski definition) is 2. The van der Waals surface area contributed by atoms with Crippen molar-refractivity contribution in [1.29, 1.82) is 0 Å². The van der Waals surface area contributed by atoms with Gasteiger partial charge in [0.15, 0.2) is 5.96 Å². The molecule has 9 heteroatoms. The second-order valence-corrected chi connectivity index (χ2v) is 7.21. The Hall–Kier alpha value is -1.39. The number of thiazole rings is 1. The molecule has 0 saturated heterocycles. The number of aliphatic imine (C=N–C) groups is 1. The number of nitrogens with one attached hydrogen (secondary N) is 2. The molecular weight excluding hydrogens is 497 g/mol. The van der Waals surface area contributed by atoms with Crippen LogP contribution in [0.3, 0.4) is 0 Å². The van der Waals surface area contributed by atoms with Gasteiger partial charge < -0.3 is 15.5 Å². The molecule has 0 unspecified atom stereocenters. The van der Waals surface area contributed by atoms with Gasteiger partial charge in [0, 0.05) is 36.1 Å². The molecular formula is C18H25ClIN5OS. The first-order valence-corrected chi connectivity index (χ1v) is 9.69. The van der Waals surface area contributed by atoms with Gasteiger partial charge in [-0.05, 0) is 38.1 Å². The Morgan fingerprint density at radius 1 is 1.30 bits per heavy atom. The Bertz CT molecular complexity index is 750. The smallest absolute Gasteiger partial charge is 0.251 e. The summed E-state index contributed by atoms with van der Waals surface area (Å²) in [6, 6.07) is 6.81. The molecule has 27 heavy (non-hydrogen) atoms. The summed E-state index contributed by atoms with van der Waals surface area (Å²) in [5.74, 6) is 0.659. The number of aromatic nitrogens is 1. The molecule has 1 aromatic carbocycles. The third-order valence-corrected chi connectivity index (χ3v) is 4.60. The molecule has 0 radical (unpaired) electrons. The predicted octanol–water partition coefficient (Wildman–Crippen LogP) is 3.55. The average Bonchev–Trinajstić information content (AvgIpc) is 3.02. The van der Waals surface area contributed by atoms with Crippen LogP contribution in [0.5, 0.6) is 0 Å². The summed E-state index contributed by atoms with van der Waals surface area (Å²) in [6.07, 6.45) is 0. The van der Waals surface area contributed by atoms with Crippen molar-refractivity contribution < 1.29 is 4.79 Å². The summed E-state index contributed by atoms with van der Waals surface area (Å²) in [5, 5.41) is 9.85. The lowest BCUT2D eigenvalue weighted by atomic mass is 10.2. The van der Waals surface area contributed by atoms with Gasteiger partial charge >= 0.3 is 0 Å². The molecule has 1 aromatic heterocycles. The van der Waals surface area contributed by atoms with Gasteiger partial charge in [-0.3, -0.25) is 9.79 Å². The number of halogens is 2. The first-order chi connectivity index (χ1) is 12.5. The molecule has 1 amide bonds. The van der Waals surface area contributed by atoms with Crippen LogP contribution in [0, 0.1) is 6.92 Å². The van der Waals surface area contributed by atoms with Crippen molar-refractivity contribution in [2.24, 2.45) is 4.99 Å². The van der Waals surface area contributed by atoms with Gasteiger partial charge in [-0.2, -0.15) is 0 Å². The van der Waals surface area contributed by atoms with E-state index in [-0.39, 0.29) is 29.9 Å². The van der Waals surface area contributed by atoms with E-state index in [2.05, 4.69) is 26.0 Å². The van der Waals surface area contributed by atoms with Crippen LogP contribution in [0.1, 0.15) is 28.0 Å². The fraction of sp³-hybridized carbons (Fsp3) is 0.389. The summed E-state index contributed by atoms with van der Waals surface area (Å²) in [6.45, 7) is 6.43. The summed E-state index contributed by atoms with van der Waals surface area (Å²) >= 11 is 7.47. The lowest BCUT2D eigenvalue weighted by Gasteiger charge is -2.21. The van der Waals surface area contributed by atoms with E-state index < -0.39 is 0 Å². The highest BCUT2D eigenvalue weighted by atomic mass is 127. The lowest BCUT2D eigenvalue weighted by Crippen LogP contribution is -2.39. The Labute approximate surface area is 186 Å².